The monoisotopic (exact) mass is 593 g/mol. The van der Waals surface area contributed by atoms with E-state index in [1.807, 2.05) is 12.1 Å². The Morgan fingerprint density at radius 2 is 1.60 bits per heavy atom. The second kappa shape index (κ2) is 11.7. The van der Waals surface area contributed by atoms with Crippen molar-refractivity contribution in [3.63, 3.8) is 0 Å². The van der Waals surface area contributed by atoms with Crippen molar-refractivity contribution >= 4 is 27.7 Å². The molecule has 0 unspecified atom stereocenters. The number of hydrogen-bond acceptors (Lipinski definition) is 7. The maximum atomic E-state index is 13.5. The lowest BCUT2D eigenvalue weighted by molar-refractivity contribution is 0.0601. The van der Waals surface area contributed by atoms with Crippen LogP contribution >= 0.6 is 0 Å². The van der Waals surface area contributed by atoms with E-state index in [4.69, 9.17) is 14.2 Å². The number of ether oxygens (including phenoxy) is 3. The SMILES string of the molecule is CNS(=O)(=O)c1ccc(CNC(=O)N2CC3(CCCC3)c3cc(-c4cc(OC)c(OC)cc4C(=O)OC)ccc32)cc1. The molecule has 1 aliphatic carbocycles. The van der Waals surface area contributed by atoms with E-state index in [9.17, 15) is 18.0 Å². The van der Waals surface area contributed by atoms with Crippen molar-refractivity contribution in [3.05, 3.63) is 71.3 Å². The van der Waals surface area contributed by atoms with Crippen molar-refractivity contribution in [3.8, 4) is 22.6 Å². The summed E-state index contributed by atoms with van der Waals surface area (Å²) in [5, 5.41) is 3.00. The summed E-state index contributed by atoms with van der Waals surface area (Å²) < 4.78 is 42.3. The van der Waals surface area contributed by atoms with Gasteiger partial charge in [-0.2, -0.15) is 0 Å². The van der Waals surface area contributed by atoms with Crippen molar-refractivity contribution in [2.75, 3.05) is 39.8 Å². The normalized spacial score (nSPS) is 15.4. The van der Waals surface area contributed by atoms with Crippen molar-refractivity contribution in [2.24, 2.45) is 0 Å². The number of sulfonamides is 1. The lowest BCUT2D eigenvalue weighted by Gasteiger charge is -2.25. The molecule has 0 bridgehead atoms. The minimum absolute atomic E-state index is 0.164. The zero-order valence-electron chi connectivity index (χ0n) is 24.2. The molecule has 10 nitrogen and oxygen atoms in total. The fourth-order valence-corrected chi connectivity index (χ4v) is 6.80. The highest BCUT2D eigenvalue weighted by Gasteiger charge is 2.46. The van der Waals surface area contributed by atoms with Crippen LogP contribution in [-0.2, 0) is 26.7 Å². The van der Waals surface area contributed by atoms with E-state index in [2.05, 4.69) is 16.1 Å². The van der Waals surface area contributed by atoms with Gasteiger partial charge in [0.15, 0.2) is 11.5 Å². The van der Waals surface area contributed by atoms with Crippen LogP contribution in [0.4, 0.5) is 10.5 Å². The summed E-state index contributed by atoms with van der Waals surface area (Å²) in [5.41, 5.74) is 4.37. The molecule has 2 amide bonds. The summed E-state index contributed by atoms with van der Waals surface area (Å²) in [4.78, 5) is 28.2. The molecule has 5 rings (SSSR count). The van der Waals surface area contributed by atoms with Crippen molar-refractivity contribution in [2.45, 2.75) is 42.5 Å². The molecule has 0 saturated heterocycles. The Morgan fingerprint density at radius 3 is 2.21 bits per heavy atom. The van der Waals surface area contributed by atoms with E-state index in [0.717, 1.165) is 48.1 Å². The zero-order chi connectivity index (χ0) is 30.1. The molecular formula is C31H35N3O7S. The smallest absolute Gasteiger partial charge is 0.338 e. The van der Waals surface area contributed by atoms with Gasteiger partial charge >= 0.3 is 12.0 Å². The standard InChI is InChI=1S/C31H35N3O7S/c1-32-42(37,38)22-10-7-20(8-11-22)18-33-30(36)34-19-31(13-5-6-14-31)25-15-21(9-12-26(25)34)23-16-27(39-2)28(40-3)17-24(23)29(35)41-4/h7-12,15-17,32H,5-6,13-14,18-19H2,1-4H3,(H,33,36). The predicted octanol–water partition coefficient (Wildman–Crippen LogP) is 4.61. The maximum absolute atomic E-state index is 13.5. The number of nitrogens with one attached hydrogen (secondary N) is 2. The molecule has 222 valence electrons. The first-order chi connectivity index (χ1) is 20.2. The highest BCUT2D eigenvalue weighted by atomic mass is 32.2. The van der Waals surface area contributed by atoms with Gasteiger partial charge in [0.2, 0.25) is 10.0 Å². The topological polar surface area (TPSA) is 123 Å². The van der Waals surface area contributed by atoms with E-state index < -0.39 is 16.0 Å². The van der Waals surface area contributed by atoms with Gasteiger partial charge in [0.1, 0.15) is 0 Å². The van der Waals surface area contributed by atoms with Crippen LogP contribution in [0.5, 0.6) is 11.5 Å². The third kappa shape index (κ3) is 5.30. The first-order valence-electron chi connectivity index (χ1n) is 13.7. The van der Waals surface area contributed by atoms with Gasteiger partial charge in [0, 0.05) is 29.8 Å². The summed E-state index contributed by atoms with van der Waals surface area (Å²) in [6.07, 6.45) is 4.07. The summed E-state index contributed by atoms with van der Waals surface area (Å²) in [7, 11) is 2.24. The quantitative estimate of drug-likeness (QED) is 0.366. The predicted molar refractivity (Wildman–Crippen MR) is 159 cm³/mol. The van der Waals surface area contributed by atoms with Crippen LogP contribution in [0.15, 0.2) is 59.5 Å². The Bertz CT molecular complexity index is 1610. The number of benzene rings is 3. The maximum Gasteiger partial charge on any atom is 0.338 e. The lowest BCUT2D eigenvalue weighted by Crippen LogP contribution is -2.41. The number of esters is 1. The molecular weight excluding hydrogens is 558 g/mol. The van der Waals surface area contributed by atoms with Gasteiger partial charge in [0.05, 0.1) is 31.8 Å². The van der Waals surface area contributed by atoms with Gasteiger partial charge < -0.3 is 19.5 Å². The number of fused-ring (bicyclic) bond motifs is 2. The highest BCUT2D eigenvalue weighted by molar-refractivity contribution is 7.89. The Labute approximate surface area is 246 Å². The molecule has 1 saturated carbocycles. The van der Waals surface area contributed by atoms with Crippen LogP contribution < -0.4 is 24.4 Å². The van der Waals surface area contributed by atoms with E-state index in [1.165, 1.54) is 33.4 Å². The van der Waals surface area contributed by atoms with Crippen LogP contribution in [0.25, 0.3) is 11.1 Å². The number of methoxy groups -OCH3 is 3. The van der Waals surface area contributed by atoms with E-state index in [0.29, 0.717) is 29.2 Å². The molecule has 2 N–H and O–H groups in total. The largest absolute Gasteiger partial charge is 0.493 e. The van der Waals surface area contributed by atoms with Crippen LogP contribution in [0, 0.1) is 0 Å². The molecule has 1 fully saturated rings. The molecule has 1 heterocycles. The summed E-state index contributed by atoms with van der Waals surface area (Å²) in [6.45, 7) is 0.816. The highest BCUT2D eigenvalue weighted by Crippen LogP contribution is 2.52. The summed E-state index contributed by atoms with van der Waals surface area (Å²) >= 11 is 0. The lowest BCUT2D eigenvalue weighted by atomic mass is 9.79. The number of urea groups is 1. The van der Waals surface area contributed by atoms with Crippen LogP contribution in [-0.4, -0.2) is 55.3 Å². The van der Waals surface area contributed by atoms with E-state index >= 15 is 0 Å². The first-order valence-corrected chi connectivity index (χ1v) is 15.2. The van der Waals surface area contributed by atoms with Crippen molar-refractivity contribution in [1.82, 2.24) is 10.0 Å². The molecule has 42 heavy (non-hydrogen) atoms. The van der Waals surface area contributed by atoms with Gasteiger partial charge in [0.25, 0.3) is 0 Å². The number of carbonyl (C=O) groups is 2. The number of rotatable bonds is 8. The summed E-state index contributed by atoms with van der Waals surface area (Å²) in [6, 6.07) is 15.5. The van der Waals surface area contributed by atoms with Gasteiger partial charge in [-0.25, -0.2) is 22.7 Å². The van der Waals surface area contributed by atoms with Crippen molar-refractivity contribution < 1.29 is 32.2 Å². The third-order valence-electron chi connectivity index (χ3n) is 8.31. The fraction of sp³-hybridized carbons (Fsp3) is 0.355. The van der Waals surface area contributed by atoms with Crippen molar-refractivity contribution in [1.29, 1.82) is 0 Å². The van der Waals surface area contributed by atoms with E-state index in [1.54, 1.807) is 36.3 Å². The average molecular weight is 594 g/mol. The van der Waals surface area contributed by atoms with Crippen LogP contribution in [0.3, 0.4) is 0 Å². The Hall–Kier alpha value is -4.09. The van der Waals surface area contributed by atoms with Gasteiger partial charge in [-0.1, -0.05) is 31.0 Å². The average Bonchev–Trinajstić information content (AvgIpc) is 3.63. The fourth-order valence-electron chi connectivity index (χ4n) is 6.07. The second-order valence-corrected chi connectivity index (χ2v) is 12.4. The van der Waals surface area contributed by atoms with Crippen LogP contribution in [0.1, 0.15) is 47.2 Å². The number of amides is 2. The Morgan fingerprint density at radius 1 is 0.929 bits per heavy atom. The molecule has 0 radical (unpaired) electrons. The molecule has 11 heteroatoms. The zero-order valence-corrected chi connectivity index (χ0v) is 25.0. The minimum atomic E-state index is -3.53. The molecule has 3 aromatic rings. The second-order valence-electron chi connectivity index (χ2n) is 10.6. The minimum Gasteiger partial charge on any atom is -0.493 e. The first kappa shape index (κ1) is 29.4. The molecule has 2 aliphatic rings. The molecule has 0 atom stereocenters. The number of hydrogen-bond donors (Lipinski definition) is 2. The van der Waals surface area contributed by atoms with Gasteiger partial charge in [-0.3, -0.25) is 4.90 Å². The third-order valence-corrected chi connectivity index (χ3v) is 9.74. The number of nitrogens with zero attached hydrogens (tertiary/aromatic N) is 1. The Balaban J connectivity index is 1.46. The number of carbonyl (C=O) groups excluding carboxylic acids is 2. The molecule has 1 spiro atoms. The number of anilines is 1. The van der Waals surface area contributed by atoms with Crippen LogP contribution in [0.2, 0.25) is 0 Å². The van der Waals surface area contributed by atoms with Gasteiger partial charge in [-0.05, 0) is 73.0 Å². The summed E-state index contributed by atoms with van der Waals surface area (Å²) in [5.74, 6) is 0.435. The Kier molecular flexibility index (Phi) is 8.16. The molecule has 1 aliphatic heterocycles. The molecule has 3 aromatic carbocycles. The van der Waals surface area contributed by atoms with E-state index in [-0.39, 0.29) is 22.9 Å². The van der Waals surface area contributed by atoms with Gasteiger partial charge in [-0.15, -0.1) is 0 Å². The molecule has 0 aromatic heterocycles.